The molecule has 1 aromatic heterocycles. The number of nitro benzene ring substituents is 1. The number of methoxy groups -OCH3 is 1. The van der Waals surface area contributed by atoms with Crippen molar-refractivity contribution in [2.75, 3.05) is 19.0 Å². The first-order valence-corrected chi connectivity index (χ1v) is 8.55. The fourth-order valence-corrected chi connectivity index (χ4v) is 2.58. The lowest BCUT2D eigenvalue weighted by molar-refractivity contribution is -0.384. The second-order valence-electron chi connectivity index (χ2n) is 5.93. The molecule has 0 unspecified atom stereocenters. The van der Waals surface area contributed by atoms with E-state index in [1.807, 2.05) is 0 Å². The number of rotatable bonds is 8. The number of carbonyl (C=O) groups excluding carboxylic acids is 1. The number of amides is 1. The zero-order chi connectivity index (χ0) is 20.8. The van der Waals surface area contributed by atoms with Crippen LogP contribution in [0.15, 0.2) is 59.0 Å². The molecule has 9 heteroatoms. The predicted octanol–water partition coefficient (Wildman–Crippen LogP) is 3.37. The highest BCUT2D eigenvalue weighted by molar-refractivity contribution is 5.94. The monoisotopic (exact) mass is 398 g/mol. The number of furan rings is 1. The van der Waals surface area contributed by atoms with E-state index >= 15 is 0 Å². The summed E-state index contributed by atoms with van der Waals surface area (Å²) in [4.78, 5) is 22.4. The fraction of sp³-hybridized carbons (Fsp3) is 0.150. The Morgan fingerprint density at radius 2 is 1.93 bits per heavy atom. The molecule has 0 atom stereocenters. The third kappa shape index (κ3) is 4.90. The standard InChI is InChI=1S/C20H18N2O7/c1-27-19-8-2-13(18-9-7-16(11-23)29-18)10-17(19)21-20(24)12-28-15-5-3-14(4-6-15)22(25)26/h2-10,23H,11-12H2,1H3,(H,21,24). The number of aliphatic hydroxyl groups is 1. The van der Waals surface area contributed by atoms with Gasteiger partial charge in [-0.05, 0) is 42.5 Å². The highest BCUT2D eigenvalue weighted by Crippen LogP contribution is 2.31. The van der Waals surface area contributed by atoms with E-state index in [1.54, 1.807) is 30.3 Å². The van der Waals surface area contributed by atoms with Crippen LogP contribution in [0.5, 0.6) is 11.5 Å². The van der Waals surface area contributed by atoms with Gasteiger partial charge in [-0.15, -0.1) is 0 Å². The van der Waals surface area contributed by atoms with Gasteiger partial charge in [0, 0.05) is 17.7 Å². The highest BCUT2D eigenvalue weighted by Gasteiger charge is 2.13. The first-order chi connectivity index (χ1) is 14.0. The molecule has 0 saturated heterocycles. The van der Waals surface area contributed by atoms with Gasteiger partial charge >= 0.3 is 0 Å². The van der Waals surface area contributed by atoms with Crippen molar-refractivity contribution in [2.45, 2.75) is 6.61 Å². The van der Waals surface area contributed by atoms with E-state index in [0.29, 0.717) is 34.3 Å². The molecule has 2 aromatic carbocycles. The fourth-order valence-electron chi connectivity index (χ4n) is 2.58. The van der Waals surface area contributed by atoms with Gasteiger partial charge in [0.1, 0.15) is 29.6 Å². The summed E-state index contributed by atoms with van der Waals surface area (Å²) in [6, 6.07) is 13.9. The van der Waals surface area contributed by atoms with Crippen LogP contribution in [0.25, 0.3) is 11.3 Å². The van der Waals surface area contributed by atoms with Crippen molar-refractivity contribution in [3.63, 3.8) is 0 Å². The molecular formula is C20H18N2O7. The molecule has 0 radical (unpaired) electrons. The molecule has 150 valence electrons. The Morgan fingerprint density at radius 3 is 2.55 bits per heavy atom. The maximum Gasteiger partial charge on any atom is 0.269 e. The van der Waals surface area contributed by atoms with Crippen molar-refractivity contribution in [1.82, 2.24) is 0 Å². The van der Waals surface area contributed by atoms with Crippen molar-refractivity contribution in [2.24, 2.45) is 0 Å². The summed E-state index contributed by atoms with van der Waals surface area (Å²) in [5.41, 5.74) is 1.05. The molecule has 0 bridgehead atoms. The number of aliphatic hydroxyl groups excluding tert-OH is 1. The van der Waals surface area contributed by atoms with E-state index in [1.165, 1.54) is 31.4 Å². The molecule has 0 aliphatic rings. The molecule has 0 aliphatic heterocycles. The summed E-state index contributed by atoms with van der Waals surface area (Å²) in [5.74, 6) is 1.31. The van der Waals surface area contributed by atoms with Gasteiger partial charge in [0.05, 0.1) is 17.7 Å². The van der Waals surface area contributed by atoms with Gasteiger partial charge in [0.15, 0.2) is 6.61 Å². The van der Waals surface area contributed by atoms with Crippen molar-refractivity contribution in [3.05, 3.63) is 70.5 Å². The van der Waals surface area contributed by atoms with Crippen molar-refractivity contribution < 1.29 is 28.7 Å². The lowest BCUT2D eigenvalue weighted by atomic mass is 10.1. The van der Waals surface area contributed by atoms with Crippen LogP contribution < -0.4 is 14.8 Å². The van der Waals surface area contributed by atoms with Crippen molar-refractivity contribution in [3.8, 4) is 22.8 Å². The van der Waals surface area contributed by atoms with Crippen LogP contribution in [0.1, 0.15) is 5.76 Å². The van der Waals surface area contributed by atoms with Gasteiger partial charge in [-0.3, -0.25) is 14.9 Å². The van der Waals surface area contributed by atoms with E-state index in [4.69, 9.17) is 19.0 Å². The molecule has 2 N–H and O–H groups in total. The molecule has 1 amide bonds. The maximum absolute atomic E-state index is 12.3. The number of benzene rings is 2. The molecule has 0 fully saturated rings. The number of nitrogens with zero attached hydrogens (tertiary/aromatic N) is 1. The summed E-state index contributed by atoms with van der Waals surface area (Å²) in [6.07, 6.45) is 0. The molecule has 0 spiro atoms. The molecule has 3 aromatic rings. The Hall–Kier alpha value is -3.85. The molecule has 0 saturated carbocycles. The highest BCUT2D eigenvalue weighted by atomic mass is 16.6. The second-order valence-corrected chi connectivity index (χ2v) is 5.93. The summed E-state index contributed by atoms with van der Waals surface area (Å²) in [5, 5.41) is 22.5. The first-order valence-electron chi connectivity index (χ1n) is 8.55. The summed E-state index contributed by atoms with van der Waals surface area (Å²) in [7, 11) is 1.48. The molecular weight excluding hydrogens is 380 g/mol. The molecule has 1 heterocycles. The van der Waals surface area contributed by atoms with Crippen LogP contribution in [0.2, 0.25) is 0 Å². The third-order valence-electron chi connectivity index (χ3n) is 3.99. The van der Waals surface area contributed by atoms with E-state index < -0.39 is 10.8 Å². The molecule has 29 heavy (non-hydrogen) atoms. The SMILES string of the molecule is COc1ccc(-c2ccc(CO)o2)cc1NC(=O)COc1ccc([N+](=O)[O-])cc1. The van der Waals surface area contributed by atoms with Crippen LogP contribution in [-0.4, -0.2) is 29.7 Å². The normalized spacial score (nSPS) is 10.4. The second kappa shape index (κ2) is 8.89. The van der Waals surface area contributed by atoms with Crippen molar-refractivity contribution >= 4 is 17.3 Å². The Morgan fingerprint density at radius 1 is 1.17 bits per heavy atom. The van der Waals surface area contributed by atoms with Gasteiger partial charge in [0.2, 0.25) is 0 Å². The summed E-state index contributed by atoms with van der Waals surface area (Å²) in [6.45, 7) is -0.500. The maximum atomic E-state index is 12.3. The first kappa shape index (κ1) is 19.9. The number of carbonyl (C=O) groups is 1. The molecule has 9 nitrogen and oxygen atoms in total. The van der Waals surface area contributed by atoms with E-state index in [0.717, 1.165) is 0 Å². The number of ether oxygens (including phenoxy) is 2. The zero-order valence-corrected chi connectivity index (χ0v) is 15.5. The van der Waals surface area contributed by atoms with Crippen LogP contribution in [-0.2, 0) is 11.4 Å². The van der Waals surface area contributed by atoms with E-state index in [2.05, 4.69) is 5.32 Å². The molecule has 0 aliphatic carbocycles. The van der Waals surface area contributed by atoms with Gasteiger partial charge in [-0.25, -0.2) is 0 Å². The Kier molecular flexibility index (Phi) is 6.10. The Labute approximate surface area is 165 Å². The van der Waals surface area contributed by atoms with Crippen LogP contribution in [0.3, 0.4) is 0 Å². The summed E-state index contributed by atoms with van der Waals surface area (Å²) < 4.78 is 16.1. The van der Waals surface area contributed by atoms with Gasteiger partial charge in [-0.1, -0.05) is 0 Å². The Bertz CT molecular complexity index is 1010. The smallest absolute Gasteiger partial charge is 0.269 e. The Balaban J connectivity index is 1.68. The number of nitrogens with one attached hydrogen (secondary N) is 1. The topological polar surface area (TPSA) is 124 Å². The predicted molar refractivity (Wildman–Crippen MR) is 104 cm³/mol. The minimum Gasteiger partial charge on any atom is -0.495 e. The van der Waals surface area contributed by atoms with Gasteiger partial charge in [0.25, 0.3) is 11.6 Å². The zero-order valence-electron chi connectivity index (χ0n) is 15.5. The number of anilines is 1. The van der Waals surface area contributed by atoms with Gasteiger partial charge in [-0.2, -0.15) is 0 Å². The van der Waals surface area contributed by atoms with E-state index in [9.17, 15) is 14.9 Å². The van der Waals surface area contributed by atoms with Crippen LogP contribution in [0, 0.1) is 10.1 Å². The van der Waals surface area contributed by atoms with Crippen molar-refractivity contribution in [1.29, 1.82) is 0 Å². The number of nitro groups is 1. The summed E-state index contributed by atoms with van der Waals surface area (Å²) >= 11 is 0. The minimum absolute atomic E-state index is 0.0642. The largest absolute Gasteiger partial charge is 0.495 e. The lowest BCUT2D eigenvalue weighted by Gasteiger charge is -2.12. The molecule has 3 rings (SSSR count). The quantitative estimate of drug-likeness (QED) is 0.440. The van der Waals surface area contributed by atoms with E-state index in [-0.39, 0.29) is 18.9 Å². The lowest BCUT2D eigenvalue weighted by Crippen LogP contribution is -2.20. The van der Waals surface area contributed by atoms with Gasteiger partial charge < -0.3 is 24.3 Å². The van der Waals surface area contributed by atoms with Crippen LogP contribution >= 0.6 is 0 Å². The number of hydrogen-bond acceptors (Lipinski definition) is 7. The average Bonchev–Trinajstić information content (AvgIpc) is 3.22. The third-order valence-corrected chi connectivity index (χ3v) is 3.99. The average molecular weight is 398 g/mol. The number of non-ortho nitro benzene ring substituents is 1. The number of hydrogen-bond donors (Lipinski definition) is 2. The van der Waals surface area contributed by atoms with Crippen LogP contribution in [0.4, 0.5) is 11.4 Å². The minimum atomic E-state index is -0.516.